The van der Waals surface area contributed by atoms with Crippen LogP contribution in [0.2, 0.25) is 10.0 Å². The number of carbonyl (C=O) groups excluding carboxylic acids is 1. The molecule has 1 amide bonds. The van der Waals surface area contributed by atoms with Crippen LogP contribution in [-0.4, -0.2) is 30.7 Å². The number of para-hydroxylation sites is 1. The summed E-state index contributed by atoms with van der Waals surface area (Å²) < 4.78 is 6.89. The molecule has 0 aliphatic rings. The number of aromatic nitrogens is 1. The van der Waals surface area contributed by atoms with Crippen molar-refractivity contribution in [2.75, 3.05) is 20.3 Å². The molecule has 0 aliphatic carbocycles. The average Bonchev–Trinajstić information content (AvgIpc) is 3.07. The summed E-state index contributed by atoms with van der Waals surface area (Å²) in [5, 5.41) is 13.3. The maximum atomic E-state index is 13.4. The van der Waals surface area contributed by atoms with Crippen molar-refractivity contribution in [3.05, 3.63) is 83.2 Å². The number of amides is 1. The van der Waals surface area contributed by atoms with Gasteiger partial charge in [-0.05, 0) is 42.3 Å². The highest BCUT2D eigenvalue weighted by molar-refractivity contribution is 7.07. The summed E-state index contributed by atoms with van der Waals surface area (Å²) >= 11 is 13.3. The molecule has 0 radical (unpaired) electrons. The van der Waals surface area contributed by atoms with Gasteiger partial charge in [0.05, 0.1) is 16.8 Å². The van der Waals surface area contributed by atoms with E-state index in [-0.39, 0.29) is 22.3 Å². The number of benzene rings is 2. The molecular formula is C23H19Cl2N3O3S. The molecule has 6 nitrogen and oxygen atoms in total. The lowest BCUT2D eigenvalue weighted by atomic mass is 10.2. The molecule has 32 heavy (non-hydrogen) atoms. The predicted molar refractivity (Wildman–Crippen MR) is 128 cm³/mol. The molecular weight excluding hydrogens is 469 g/mol. The molecule has 0 spiro atoms. The molecule has 1 N–H and O–H groups in total. The van der Waals surface area contributed by atoms with Gasteiger partial charge >= 0.3 is 0 Å². The van der Waals surface area contributed by atoms with Gasteiger partial charge in [-0.15, -0.1) is 11.3 Å². The Morgan fingerprint density at radius 1 is 1.28 bits per heavy atom. The van der Waals surface area contributed by atoms with Crippen molar-refractivity contribution in [3.8, 4) is 11.8 Å². The van der Waals surface area contributed by atoms with Crippen LogP contribution in [0.4, 0.5) is 0 Å². The van der Waals surface area contributed by atoms with Crippen LogP contribution < -0.4 is 20.1 Å². The third-order valence-corrected chi connectivity index (χ3v) is 6.23. The van der Waals surface area contributed by atoms with Crippen LogP contribution in [0.3, 0.4) is 0 Å². The van der Waals surface area contributed by atoms with E-state index in [0.29, 0.717) is 32.4 Å². The number of carbonyl (C=O) groups is 1. The van der Waals surface area contributed by atoms with Crippen LogP contribution in [-0.2, 0) is 9.53 Å². The number of thiazole rings is 1. The molecule has 1 heterocycles. The van der Waals surface area contributed by atoms with Gasteiger partial charge in [-0.2, -0.15) is 5.26 Å². The minimum Gasteiger partial charge on any atom is -0.383 e. The number of rotatable bonds is 6. The van der Waals surface area contributed by atoms with E-state index in [2.05, 4.69) is 5.32 Å². The van der Waals surface area contributed by atoms with Crippen LogP contribution >= 0.6 is 34.5 Å². The van der Waals surface area contributed by atoms with E-state index in [0.717, 1.165) is 16.9 Å². The SMILES string of the molecule is COCCNC(=O)/C(C#N)=c1\s/c(=C\c2ccc(Cl)cc2Cl)c(=O)n1-c1ccccc1C. The Morgan fingerprint density at radius 3 is 2.69 bits per heavy atom. The lowest BCUT2D eigenvalue weighted by molar-refractivity contribution is -0.115. The molecule has 2 aromatic carbocycles. The zero-order valence-electron chi connectivity index (χ0n) is 17.3. The third kappa shape index (κ3) is 5.12. The van der Waals surface area contributed by atoms with Crippen molar-refractivity contribution in [3.63, 3.8) is 0 Å². The molecule has 1 aromatic heterocycles. The van der Waals surface area contributed by atoms with Crippen molar-refractivity contribution >= 4 is 52.1 Å². The first-order valence-corrected chi connectivity index (χ1v) is 11.1. The van der Waals surface area contributed by atoms with Gasteiger partial charge in [-0.25, -0.2) is 0 Å². The lowest BCUT2D eigenvalue weighted by Gasteiger charge is -2.07. The summed E-state index contributed by atoms with van der Waals surface area (Å²) in [6.07, 6.45) is 1.63. The summed E-state index contributed by atoms with van der Waals surface area (Å²) in [6, 6.07) is 14.2. The van der Waals surface area contributed by atoms with E-state index in [1.54, 1.807) is 36.4 Å². The number of halogens is 2. The highest BCUT2D eigenvalue weighted by Crippen LogP contribution is 2.21. The summed E-state index contributed by atoms with van der Waals surface area (Å²) in [5.74, 6) is -0.579. The summed E-state index contributed by atoms with van der Waals surface area (Å²) in [5.41, 5.74) is 1.49. The normalized spacial score (nSPS) is 12.4. The lowest BCUT2D eigenvalue weighted by Crippen LogP contribution is -2.35. The molecule has 0 atom stereocenters. The zero-order chi connectivity index (χ0) is 23.3. The van der Waals surface area contributed by atoms with Gasteiger partial charge < -0.3 is 10.1 Å². The van der Waals surface area contributed by atoms with Gasteiger partial charge in [0.2, 0.25) is 0 Å². The number of hydrogen-bond donors (Lipinski definition) is 1. The predicted octanol–water partition coefficient (Wildman–Crippen LogP) is 2.78. The minimum absolute atomic E-state index is 0.159. The molecule has 3 rings (SSSR count). The van der Waals surface area contributed by atoms with Gasteiger partial charge in [0, 0.05) is 23.7 Å². The Hall–Kier alpha value is -2.89. The van der Waals surface area contributed by atoms with Crippen molar-refractivity contribution in [2.45, 2.75) is 6.92 Å². The molecule has 0 saturated carbocycles. The summed E-state index contributed by atoms with van der Waals surface area (Å²) in [6.45, 7) is 2.39. The molecule has 0 aliphatic heterocycles. The topological polar surface area (TPSA) is 84.1 Å². The van der Waals surface area contributed by atoms with Crippen LogP contribution in [0, 0.1) is 18.3 Å². The fourth-order valence-corrected chi connectivity index (χ4v) is 4.54. The monoisotopic (exact) mass is 487 g/mol. The van der Waals surface area contributed by atoms with E-state index < -0.39 is 5.91 Å². The second kappa shape index (κ2) is 10.6. The maximum Gasteiger partial charge on any atom is 0.273 e. The summed E-state index contributed by atoms with van der Waals surface area (Å²) in [7, 11) is 1.51. The number of nitriles is 1. The van der Waals surface area contributed by atoms with E-state index >= 15 is 0 Å². The van der Waals surface area contributed by atoms with Crippen molar-refractivity contribution in [1.29, 1.82) is 5.26 Å². The number of nitrogens with one attached hydrogen (secondary N) is 1. The largest absolute Gasteiger partial charge is 0.383 e. The molecule has 3 aromatic rings. The smallest absolute Gasteiger partial charge is 0.273 e. The number of hydrogen-bond acceptors (Lipinski definition) is 5. The third-order valence-electron chi connectivity index (χ3n) is 4.57. The molecule has 0 fully saturated rings. The van der Waals surface area contributed by atoms with Crippen molar-refractivity contribution < 1.29 is 9.53 Å². The second-order valence-corrected chi connectivity index (χ2v) is 8.62. The van der Waals surface area contributed by atoms with Crippen molar-refractivity contribution in [2.24, 2.45) is 0 Å². The number of aryl methyl sites for hydroxylation is 1. The van der Waals surface area contributed by atoms with E-state index in [4.69, 9.17) is 27.9 Å². The van der Waals surface area contributed by atoms with Crippen LogP contribution in [0.15, 0.2) is 47.3 Å². The van der Waals surface area contributed by atoms with Crippen molar-refractivity contribution in [1.82, 2.24) is 9.88 Å². The quantitative estimate of drug-likeness (QED) is 0.541. The van der Waals surface area contributed by atoms with Gasteiger partial charge in [0.25, 0.3) is 11.5 Å². The standard InChI is InChI=1S/C23H19Cl2N3O3S/c1-14-5-3-4-6-19(14)28-22(30)20(11-15-7-8-16(24)12-18(15)25)32-23(28)17(13-26)21(29)27-9-10-31-2/h3-8,11-12H,9-10H2,1-2H3,(H,27,29)/b20-11-,23-17-. The van der Waals surface area contributed by atoms with E-state index in [1.165, 1.54) is 11.7 Å². The Kier molecular flexibility index (Phi) is 7.89. The van der Waals surface area contributed by atoms with Gasteiger partial charge in [-0.3, -0.25) is 14.2 Å². The number of nitrogens with zero attached hydrogens (tertiary/aromatic N) is 2. The highest BCUT2D eigenvalue weighted by atomic mass is 35.5. The Bertz CT molecular complexity index is 1390. The molecule has 0 unspecified atom stereocenters. The first kappa shape index (κ1) is 23.8. The molecule has 0 bridgehead atoms. The highest BCUT2D eigenvalue weighted by Gasteiger charge is 2.17. The van der Waals surface area contributed by atoms with Gasteiger partial charge in [-0.1, -0.05) is 47.5 Å². The van der Waals surface area contributed by atoms with Gasteiger partial charge in [0.15, 0.2) is 5.57 Å². The van der Waals surface area contributed by atoms with Crippen LogP contribution in [0.25, 0.3) is 17.3 Å². The Balaban J connectivity index is 2.34. The van der Waals surface area contributed by atoms with Crippen LogP contribution in [0.1, 0.15) is 11.1 Å². The van der Waals surface area contributed by atoms with E-state index in [1.807, 2.05) is 25.1 Å². The average molecular weight is 488 g/mol. The Labute approximate surface area is 198 Å². The number of ether oxygens (including phenoxy) is 1. The molecule has 164 valence electrons. The summed E-state index contributed by atoms with van der Waals surface area (Å²) in [4.78, 5) is 26.1. The van der Waals surface area contributed by atoms with Crippen LogP contribution in [0.5, 0.6) is 0 Å². The zero-order valence-corrected chi connectivity index (χ0v) is 19.6. The first-order valence-electron chi connectivity index (χ1n) is 9.53. The fourth-order valence-electron chi connectivity index (χ4n) is 2.99. The molecule has 0 saturated heterocycles. The first-order chi connectivity index (χ1) is 15.4. The fraction of sp³-hybridized carbons (Fsp3) is 0.174. The second-order valence-electron chi connectivity index (χ2n) is 6.74. The van der Waals surface area contributed by atoms with Gasteiger partial charge in [0.1, 0.15) is 10.7 Å². The molecule has 9 heteroatoms. The minimum atomic E-state index is -0.579. The maximum absolute atomic E-state index is 13.4. The Morgan fingerprint density at radius 2 is 2.03 bits per heavy atom. The number of methoxy groups -OCH3 is 1. The van der Waals surface area contributed by atoms with E-state index in [9.17, 15) is 14.9 Å².